The maximum atomic E-state index is 11.8. The molecular weight excluding hydrogens is 496 g/mol. The third kappa shape index (κ3) is 10.5. The summed E-state index contributed by atoms with van der Waals surface area (Å²) in [5, 5.41) is 7.14. The number of benzene rings is 2. The molecule has 2 aromatic carbocycles. The Kier molecular flexibility index (Phi) is 11.9. The smallest absolute Gasteiger partial charge is 0.310 e. The summed E-state index contributed by atoms with van der Waals surface area (Å²) in [7, 11) is 0. The lowest BCUT2D eigenvalue weighted by atomic mass is 10.1. The van der Waals surface area contributed by atoms with Gasteiger partial charge in [0, 0.05) is 37.8 Å². The number of aryl methyl sites for hydroxylation is 2. The predicted octanol–water partition coefficient (Wildman–Crippen LogP) is 2.76. The Morgan fingerprint density at radius 2 is 1.72 bits per heavy atom. The van der Waals surface area contributed by atoms with Crippen molar-refractivity contribution in [2.24, 2.45) is 0 Å². The molecule has 0 radical (unpaired) electrons. The second kappa shape index (κ2) is 15.6. The molecule has 1 fully saturated rings. The van der Waals surface area contributed by atoms with Gasteiger partial charge in [0.15, 0.2) is 0 Å². The van der Waals surface area contributed by atoms with Gasteiger partial charge in [0.2, 0.25) is 0 Å². The van der Waals surface area contributed by atoms with Crippen LogP contribution in [0.5, 0.6) is 0 Å². The van der Waals surface area contributed by atoms with Gasteiger partial charge in [-0.1, -0.05) is 42.0 Å². The minimum Gasteiger partial charge on any atom is -0.466 e. The number of hydrogen-bond donors (Lipinski definition) is 1. The first kappa shape index (κ1) is 29.7. The molecule has 9 nitrogen and oxygen atoms in total. The zero-order chi connectivity index (χ0) is 28.0. The molecule has 1 amide bonds. The van der Waals surface area contributed by atoms with Crippen molar-refractivity contribution in [1.82, 2.24) is 20.0 Å². The third-order valence-corrected chi connectivity index (χ3v) is 6.11. The van der Waals surface area contributed by atoms with Gasteiger partial charge in [-0.15, -0.1) is 0 Å². The van der Waals surface area contributed by atoms with E-state index in [0.29, 0.717) is 19.7 Å². The monoisotopic (exact) mass is 534 g/mol. The number of ether oxygens (including phenoxy) is 2. The molecule has 1 aromatic heterocycles. The number of amides is 1. The van der Waals surface area contributed by atoms with E-state index in [0.717, 1.165) is 55.2 Å². The van der Waals surface area contributed by atoms with Gasteiger partial charge in [-0.05, 0) is 50.1 Å². The normalized spacial score (nSPS) is 13.2. The molecule has 0 aliphatic carbocycles. The molecule has 9 heteroatoms. The fraction of sp³-hybridized carbons (Fsp3) is 0.400. The number of nitrogens with zero attached hydrogens (tertiary/aromatic N) is 3. The van der Waals surface area contributed by atoms with Crippen LogP contribution in [0.15, 0.2) is 65.5 Å². The van der Waals surface area contributed by atoms with Crippen molar-refractivity contribution in [2.75, 3.05) is 46.0 Å². The second-order valence-electron chi connectivity index (χ2n) is 9.35. The van der Waals surface area contributed by atoms with Crippen LogP contribution in [0.3, 0.4) is 0 Å². The molecule has 0 atom stereocenters. The molecule has 1 N–H and O–H groups in total. The molecule has 4 rings (SSSR count). The van der Waals surface area contributed by atoms with E-state index in [9.17, 15) is 14.4 Å². The van der Waals surface area contributed by atoms with Crippen molar-refractivity contribution in [1.29, 1.82) is 0 Å². The van der Waals surface area contributed by atoms with E-state index in [2.05, 4.69) is 15.3 Å². The van der Waals surface area contributed by atoms with Gasteiger partial charge in [0.1, 0.15) is 0 Å². The van der Waals surface area contributed by atoms with Crippen molar-refractivity contribution < 1.29 is 19.1 Å². The Balaban J connectivity index is 0.000000218. The number of carbonyl (C=O) groups excluding carboxylic acids is 2. The quantitative estimate of drug-likeness (QED) is 0.421. The first-order valence-corrected chi connectivity index (χ1v) is 13.3. The van der Waals surface area contributed by atoms with Crippen LogP contribution in [0, 0.1) is 13.8 Å². The second-order valence-corrected chi connectivity index (χ2v) is 9.35. The molecule has 1 saturated heterocycles. The minimum absolute atomic E-state index is 0.00302. The van der Waals surface area contributed by atoms with E-state index in [1.54, 1.807) is 13.0 Å². The van der Waals surface area contributed by atoms with Crippen LogP contribution >= 0.6 is 0 Å². The molecule has 0 bridgehead atoms. The molecule has 3 aromatic rings. The molecule has 208 valence electrons. The molecule has 2 heterocycles. The topological polar surface area (TPSA) is 103 Å². The maximum Gasteiger partial charge on any atom is 0.310 e. The Labute approximate surface area is 229 Å². The Hall–Kier alpha value is -3.82. The Morgan fingerprint density at radius 3 is 2.44 bits per heavy atom. The molecule has 39 heavy (non-hydrogen) atoms. The van der Waals surface area contributed by atoms with E-state index >= 15 is 0 Å². The number of esters is 1. The average Bonchev–Trinajstić information content (AvgIpc) is 2.92. The lowest BCUT2D eigenvalue weighted by Gasteiger charge is -2.26. The summed E-state index contributed by atoms with van der Waals surface area (Å²) >= 11 is 0. The maximum absolute atomic E-state index is 11.8. The summed E-state index contributed by atoms with van der Waals surface area (Å²) in [6.45, 7) is 11.5. The van der Waals surface area contributed by atoms with E-state index < -0.39 is 0 Å². The number of morpholine rings is 1. The fourth-order valence-corrected chi connectivity index (χ4v) is 4.01. The van der Waals surface area contributed by atoms with Crippen molar-refractivity contribution in [3.05, 3.63) is 99.0 Å². The Morgan fingerprint density at radius 1 is 1.00 bits per heavy atom. The van der Waals surface area contributed by atoms with E-state index in [1.165, 1.54) is 16.3 Å². The van der Waals surface area contributed by atoms with E-state index in [4.69, 9.17) is 9.47 Å². The standard InChI is InChI=1S/C16H18N2O3.C14H20N2O2/c1-3-21-16(20)10-13-5-4-6-14(9-13)11-18-15(19)8-7-12(2)17-18;1-12-2-4-13(5-3-12)14(17)15-6-7-16-8-10-18-11-9-16/h4-9H,3,10-11H2,1-2H3;2-5H,6-11H2,1H3,(H,15,17). The van der Waals surface area contributed by atoms with E-state index in [-0.39, 0.29) is 23.9 Å². The van der Waals surface area contributed by atoms with Crippen molar-refractivity contribution in [2.45, 2.75) is 33.7 Å². The van der Waals surface area contributed by atoms with Crippen LogP contribution in [0.4, 0.5) is 0 Å². The van der Waals surface area contributed by atoms with Crippen molar-refractivity contribution in [3.8, 4) is 0 Å². The van der Waals surface area contributed by atoms with Crippen LogP contribution in [-0.4, -0.2) is 72.6 Å². The Bertz CT molecular complexity index is 1270. The van der Waals surface area contributed by atoms with Crippen LogP contribution in [0.25, 0.3) is 0 Å². The zero-order valence-corrected chi connectivity index (χ0v) is 23.0. The largest absolute Gasteiger partial charge is 0.466 e. The number of hydrogen-bond acceptors (Lipinski definition) is 7. The number of rotatable bonds is 9. The number of carbonyl (C=O) groups is 2. The van der Waals surface area contributed by atoms with Crippen molar-refractivity contribution in [3.63, 3.8) is 0 Å². The fourth-order valence-electron chi connectivity index (χ4n) is 4.01. The van der Waals surface area contributed by atoms with Gasteiger partial charge in [-0.2, -0.15) is 5.10 Å². The highest BCUT2D eigenvalue weighted by Crippen LogP contribution is 2.08. The highest BCUT2D eigenvalue weighted by molar-refractivity contribution is 5.94. The van der Waals surface area contributed by atoms with Crippen molar-refractivity contribution >= 4 is 11.9 Å². The lowest BCUT2D eigenvalue weighted by molar-refractivity contribution is -0.142. The first-order chi connectivity index (χ1) is 18.8. The number of aromatic nitrogens is 2. The molecular formula is C30H38N4O5. The summed E-state index contributed by atoms with van der Waals surface area (Å²) in [4.78, 5) is 37.4. The van der Waals surface area contributed by atoms with Gasteiger partial charge < -0.3 is 14.8 Å². The summed E-state index contributed by atoms with van der Waals surface area (Å²) in [5.41, 5.74) is 4.33. The van der Waals surface area contributed by atoms with E-state index in [1.807, 2.05) is 62.4 Å². The molecule has 1 aliphatic rings. The van der Waals surface area contributed by atoms with Gasteiger partial charge in [-0.25, -0.2) is 4.68 Å². The zero-order valence-electron chi connectivity index (χ0n) is 23.0. The van der Waals surface area contributed by atoms with Crippen LogP contribution in [0.1, 0.15) is 39.7 Å². The summed E-state index contributed by atoms with van der Waals surface area (Å²) in [6, 6.07) is 18.4. The van der Waals surface area contributed by atoms with Crippen LogP contribution < -0.4 is 10.9 Å². The minimum atomic E-state index is -0.250. The highest BCUT2D eigenvalue weighted by Gasteiger charge is 2.11. The molecule has 1 aliphatic heterocycles. The van der Waals surface area contributed by atoms with Crippen LogP contribution in [0.2, 0.25) is 0 Å². The lowest BCUT2D eigenvalue weighted by Crippen LogP contribution is -2.41. The van der Waals surface area contributed by atoms with Gasteiger partial charge in [-0.3, -0.25) is 19.3 Å². The summed E-state index contributed by atoms with van der Waals surface area (Å²) in [6.07, 6.45) is 0.234. The highest BCUT2D eigenvalue weighted by atomic mass is 16.5. The van der Waals surface area contributed by atoms with Gasteiger partial charge in [0.25, 0.3) is 11.5 Å². The molecule has 0 saturated carbocycles. The molecule has 0 spiro atoms. The van der Waals surface area contributed by atoms with Gasteiger partial charge >= 0.3 is 5.97 Å². The summed E-state index contributed by atoms with van der Waals surface area (Å²) in [5.74, 6) is -0.247. The SMILES string of the molecule is CCOC(=O)Cc1cccc(Cn2nc(C)ccc2=O)c1.Cc1ccc(C(=O)NCCN2CCOCC2)cc1. The first-order valence-electron chi connectivity index (χ1n) is 13.3. The molecule has 0 unspecified atom stereocenters. The predicted molar refractivity (Wildman–Crippen MR) is 150 cm³/mol. The third-order valence-electron chi connectivity index (χ3n) is 6.11. The van der Waals surface area contributed by atoms with Crippen LogP contribution in [-0.2, 0) is 27.2 Å². The van der Waals surface area contributed by atoms with Gasteiger partial charge in [0.05, 0.1) is 38.5 Å². The summed E-state index contributed by atoms with van der Waals surface area (Å²) < 4.78 is 11.6. The number of nitrogens with one attached hydrogen (secondary N) is 1. The average molecular weight is 535 g/mol.